The van der Waals surface area contributed by atoms with Crippen molar-refractivity contribution in [2.75, 3.05) is 6.67 Å². The standard InChI is InChI=1S/C24H26F4/c25-14-2-1-3-17-4-6-18(7-5-17)8-9-19-10-12-20(13-11-19)21-15-22(26)24(28)23(27)16-21/h1,3,10-13,15-18H,2,4-9,14H2. The first-order chi connectivity index (χ1) is 13.6. The summed E-state index contributed by atoms with van der Waals surface area (Å²) < 4.78 is 52.1. The number of aryl methyl sites for hydroxylation is 1. The van der Waals surface area contributed by atoms with Crippen molar-refractivity contribution in [2.45, 2.75) is 44.9 Å². The molecule has 1 aliphatic carbocycles. The van der Waals surface area contributed by atoms with Gasteiger partial charge in [0.05, 0.1) is 6.67 Å². The summed E-state index contributed by atoms with van der Waals surface area (Å²) in [5.74, 6) is -2.47. The number of benzene rings is 2. The summed E-state index contributed by atoms with van der Waals surface area (Å²) in [7, 11) is 0. The van der Waals surface area contributed by atoms with E-state index in [0.29, 0.717) is 29.4 Å². The number of hydrogen-bond donors (Lipinski definition) is 0. The van der Waals surface area contributed by atoms with E-state index in [4.69, 9.17) is 0 Å². The van der Waals surface area contributed by atoms with Crippen LogP contribution in [-0.2, 0) is 6.42 Å². The second-order valence-electron chi connectivity index (χ2n) is 7.68. The molecule has 28 heavy (non-hydrogen) atoms. The molecular weight excluding hydrogens is 364 g/mol. The van der Waals surface area contributed by atoms with Gasteiger partial charge in [0.15, 0.2) is 17.5 Å². The van der Waals surface area contributed by atoms with Crippen LogP contribution in [0.25, 0.3) is 11.1 Å². The van der Waals surface area contributed by atoms with E-state index in [1.807, 2.05) is 30.3 Å². The highest BCUT2D eigenvalue weighted by molar-refractivity contribution is 5.63. The fourth-order valence-corrected chi connectivity index (χ4v) is 3.98. The molecule has 0 nitrogen and oxygen atoms in total. The van der Waals surface area contributed by atoms with Gasteiger partial charge in [-0.05, 0) is 85.6 Å². The Kier molecular flexibility index (Phi) is 7.30. The summed E-state index contributed by atoms with van der Waals surface area (Å²) in [6, 6.07) is 9.64. The van der Waals surface area contributed by atoms with E-state index in [1.54, 1.807) is 0 Å². The Bertz CT molecular complexity index is 764. The summed E-state index contributed by atoms with van der Waals surface area (Å²) in [6.45, 7) is -0.282. The molecule has 1 saturated carbocycles. The third-order valence-electron chi connectivity index (χ3n) is 5.69. The fourth-order valence-electron chi connectivity index (χ4n) is 3.98. The zero-order chi connectivity index (χ0) is 19.9. The molecule has 0 aromatic heterocycles. The molecule has 3 rings (SSSR count). The molecular formula is C24H26F4. The van der Waals surface area contributed by atoms with Gasteiger partial charge in [-0.3, -0.25) is 4.39 Å². The Hall–Kier alpha value is -2.10. The predicted octanol–water partition coefficient (Wildman–Crippen LogP) is 7.43. The lowest BCUT2D eigenvalue weighted by atomic mass is 9.79. The van der Waals surface area contributed by atoms with Crippen LogP contribution < -0.4 is 0 Å². The summed E-state index contributed by atoms with van der Waals surface area (Å²) in [5, 5.41) is 0. The van der Waals surface area contributed by atoms with Crippen LogP contribution in [0, 0.1) is 29.3 Å². The minimum atomic E-state index is -1.44. The van der Waals surface area contributed by atoms with Crippen LogP contribution in [0.15, 0.2) is 48.6 Å². The first kappa shape index (κ1) is 20.6. The first-order valence-corrected chi connectivity index (χ1v) is 10.0. The molecule has 0 amide bonds. The Balaban J connectivity index is 1.50. The molecule has 150 valence electrons. The lowest BCUT2D eigenvalue weighted by Crippen LogP contribution is -2.13. The molecule has 0 radical (unpaired) electrons. The van der Waals surface area contributed by atoms with Crippen LogP contribution in [0.3, 0.4) is 0 Å². The third-order valence-corrected chi connectivity index (χ3v) is 5.69. The molecule has 1 aliphatic rings. The van der Waals surface area contributed by atoms with E-state index in [2.05, 4.69) is 6.08 Å². The highest BCUT2D eigenvalue weighted by Crippen LogP contribution is 2.32. The molecule has 1 fully saturated rings. The zero-order valence-electron chi connectivity index (χ0n) is 15.9. The summed E-state index contributed by atoms with van der Waals surface area (Å²) in [5.41, 5.74) is 2.20. The van der Waals surface area contributed by atoms with Gasteiger partial charge in [-0.25, -0.2) is 13.2 Å². The van der Waals surface area contributed by atoms with E-state index in [1.165, 1.54) is 31.2 Å². The Morgan fingerprint density at radius 2 is 1.50 bits per heavy atom. The van der Waals surface area contributed by atoms with Crippen LogP contribution >= 0.6 is 0 Å². The van der Waals surface area contributed by atoms with Gasteiger partial charge in [-0.15, -0.1) is 0 Å². The summed E-state index contributed by atoms with van der Waals surface area (Å²) in [6.07, 6.45) is 11.5. The van der Waals surface area contributed by atoms with Crippen molar-refractivity contribution in [1.82, 2.24) is 0 Å². The Morgan fingerprint density at radius 1 is 0.857 bits per heavy atom. The molecule has 0 saturated heterocycles. The number of hydrogen-bond acceptors (Lipinski definition) is 0. The van der Waals surface area contributed by atoms with E-state index >= 15 is 0 Å². The first-order valence-electron chi connectivity index (χ1n) is 10.0. The molecule has 2 aromatic rings. The minimum Gasteiger partial charge on any atom is -0.251 e. The van der Waals surface area contributed by atoms with Gasteiger partial charge in [0.2, 0.25) is 0 Å². The molecule has 0 aliphatic heterocycles. The summed E-state index contributed by atoms with van der Waals surface area (Å²) >= 11 is 0. The molecule has 0 heterocycles. The fraction of sp³-hybridized carbons (Fsp3) is 0.417. The van der Waals surface area contributed by atoms with Crippen LogP contribution in [0.5, 0.6) is 0 Å². The second kappa shape index (κ2) is 9.90. The smallest absolute Gasteiger partial charge is 0.194 e. The second-order valence-corrected chi connectivity index (χ2v) is 7.68. The average molecular weight is 390 g/mol. The highest BCUT2D eigenvalue weighted by atomic mass is 19.2. The largest absolute Gasteiger partial charge is 0.251 e. The van der Waals surface area contributed by atoms with E-state index in [9.17, 15) is 17.6 Å². The van der Waals surface area contributed by atoms with Gasteiger partial charge >= 0.3 is 0 Å². The van der Waals surface area contributed by atoms with Gasteiger partial charge < -0.3 is 0 Å². The number of allylic oxidation sites excluding steroid dienone is 2. The number of alkyl halides is 1. The van der Waals surface area contributed by atoms with Crippen molar-refractivity contribution < 1.29 is 17.6 Å². The third kappa shape index (κ3) is 5.46. The number of halogens is 4. The SMILES string of the molecule is FCCC=CC1CCC(CCc2ccc(-c3cc(F)c(F)c(F)c3)cc2)CC1. The molecule has 0 atom stereocenters. The Morgan fingerprint density at radius 3 is 2.11 bits per heavy atom. The number of rotatable bonds is 7. The minimum absolute atomic E-state index is 0.282. The maximum atomic E-state index is 13.4. The summed E-state index contributed by atoms with van der Waals surface area (Å²) in [4.78, 5) is 0. The van der Waals surface area contributed by atoms with Gasteiger partial charge in [0.1, 0.15) is 0 Å². The van der Waals surface area contributed by atoms with Gasteiger partial charge in [0, 0.05) is 0 Å². The van der Waals surface area contributed by atoms with Crippen LogP contribution in [0.4, 0.5) is 17.6 Å². The van der Waals surface area contributed by atoms with E-state index in [-0.39, 0.29) is 6.67 Å². The van der Waals surface area contributed by atoms with Gasteiger partial charge in [-0.1, -0.05) is 36.4 Å². The maximum absolute atomic E-state index is 13.4. The molecule has 2 aromatic carbocycles. The Labute approximate surface area is 164 Å². The lowest BCUT2D eigenvalue weighted by Gasteiger charge is -2.26. The van der Waals surface area contributed by atoms with Crippen LogP contribution in [0.1, 0.15) is 44.1 Å². The predicted molar refractivity (Wildman–Crippen MR) is 105 cm³/mol. The van der Waals surface area contributed by atoms with Crippen molar-refractivity contribution in [2.24, 2.45) is 11.8 Å². The molecule has 0 N–H and O–H groups in total. The van der Waals surface area contributed by atoms with Crippen molar-refractivity contribution in [3.63, 3.8) is 0 Å². The van der Waals surface area contributed by atoms with Gasteiger partial charge in [-0.2, -0.15) is 0 Å². The molecule has 0 spiro atoms. The molecule has 4 heteroatoms. The van der Waals surface area contributed by atoms with Crippen molar-refractivity contribution in [3.8, 4) is 11.1 Å². The zero-order valence-corrected chi connectivity index (χ0v) is 15.9. The van der Waals surface area contributed by atoms with Crippen LogP contribution in [0.2, 0.25) is 0 Å². The van der Waals surface area contributed by atoms with E-state index < -0.39 is 17.5 Å². The monoisotopic (exact) mass is 390 g/mol. The van der Waals surface area contributed by atoms with E-state index in [0.717, 1.165) is 25.0 Å². The molecule has 0 unspecified atom stereocenters. The molecule has 0 bridgehead atoms. The van der Waals surface area contributed by atoms with Crippen molar-refractivity contribution in [3.05, 3.63) is 71.6 Å². The van der Waals surface area contributed by atoms with Crippen molar-refractivity contribution >= 4 is 0 Å². The van der Waals surface area contributed by atoms with Crippen LogP contribution in [-0.4, -0.2) is 6.67 Å². The topological polar surface area (TPSA) is 0 Å². The average Bonchev–Trinajstić information content (AvgIpc) is 2.71. The lowest BCUT2D eigenvalue weighted by molar-refractivity contribution is 0.296. The maximum Gasteiger partial charge on any atom is 0.194 e. The highest BCUT2D eigenvalue weighted by Gasteiger charge is 2.19. The van der Waals surface area contributed by atoms with Gasteiger partial charge in [0.25, 0.3) is 0 Å². The van der Waals surface area contributed by atoms with Crippen molar-refractivity contribution in [1.29, 1.82) is 0 Å². The normalized spacial score (nSPS) is 20.0. The quantitative estimate of drug-likeness (QED) is 0.262.